The van der Waals surface area contributed by atoms with Gasteiger partial charge in [-0.1, -0.05) is 6.92 Å². The number of nitrogens with one attached hydrogen (secondary N) is 2. The fourth-order valence-electron chi connectivity index (χ4n) is 1.51. The molecule has 1 aromatic rings. The van der Waals surface area contributed by atoms with E-state index in [0.29, 0.717) is 12.3 Å². The van der Waals surface area contributed by atoms with Crippen LogP contribution in [0.5, 0.6) is 0 Å². The van der Waals surface area contributed by atoms with E-state index < -0.39 is 5.97 Å². The fraction of sp³-hybridized carbons (Fsp3) is 0.385. The largest absolute Gasteiger partial charge is 0.478 e. The van der Waals surface area contributed by atoms with E-state index in [-0.39, 0.29) is 17.6 Å². The first-order valence-corrected chi connectivity index (χ1v) is 5.96. The Kier molecular flexibility index (Phi) is 5.81. The third-order valence-corrected chi connectivity index (χ3v) is 2.59. The van der Waals surface area contributed by atoms with Crippen molar-refractivity contribution in [3.63, 3.8) is 0 Å². The van der Waals surface area contributed by atoms with Gasteiger partial charge in [-0.2, -0.15) is 0 Å². The lowest BCUT2D eigenvalue weighted by molar-refractivity contribution is 0.0697. The number of ether oxygens (including phenoxy) is 1. The highest BCUT2D eigenvalue weighted by Gasteiger charge is 2.10. The maximum atomic E-state index is 11.7. The summed E-state index contributed by atoms with van der Waals surface area (Å²) in [4.78, 5) is 22.4. The molecule has 0 spiro atoms. The van der Waals surface area contributed by atoms with Crippen molar-refractivity contribution >= 4 is 17.7 Å². The standard InChI is InChI=1S/C13H18N2O4/c1-3-10(8-19-2)14-13(18)15-11-6-4-9(5-7-11)12(16)17/h4-7,10H,3,8H2,1-2H3,(H,16,17)(H2,14,15,18). The van der Waals surface area contributed by atoms with E-state index in [0.717, 1.165) is 6.42 Å². The molecule has 6 nitrogen and oxygen atoms in total. The van der Waals surface area contributed by atoms with Gasteiger partial charge in [-0.3, -0.25) is 0 Å². The lowest BCUT2D eigenvalue weighted by atomic mass is 10.2. The Hall–Kier alpha value is -2.08. The van der Waals surface area contributed by atoms with Gasteiger partial charge in [0.2, 0.25) is 0 Å². The second-order valence-electron chi connectivity index (χ2n) is 4.04. The van der Waals surface area contributed by atoms with Gasteiger partial charge in [0.15, 0.2) is 0 Å². The molecular formula is C13H18N2O4. The molecule has 0 bridgehead atoms. The van der Waals surface area contributed by atoms with Crippen LogP contribution in [0.25, 0.3) is 0 Å². The number of carboxylic acids is 1. The number of carboxylic acid groups (broad SMARTS) is 1. The predicted molar refractivity (Wildman–Crippen MR) is 71.5 cm³/mol. The summed E-state index contributed by atoms with van der Waals surface area (Å²) in [6, 6.07) is 5.56. The quantitative estimate of drug-likeness (QED) is 0.734. The molecule has 0 heterocycles. The van der Waals surface area contributed by atoms with Crippen molar-refractivity contribution < 1.29 is 19.4 Å². The lowest BCUT2D eigenvalue weighted by Gasteiger charge is -2.16. The van der Waals surface area contributed by atoms with Crippen molar-refractivity contribution in [3.8, 4) is 0 Å². The Bertz CT molecular complexity index is 431. The number of hydrogen-bond donors (Lipinski definition) is 3. The van der Waals surface area contributed by atoms with Gasteiger partial charge in [-0.05, 0) is 30.7 Å². The summed E-state index contributed by atoms with van der Waals surface area (Å²) in [6.07, 6.45) is 0.763. The summed E-state index contributed by atoms with van der Waals surface area (Å²) in [5, 5.41) is 14.1. The summed E-state index contributed by atoms with van der Waals surface area (Å²) in [6.45, 7) is 2.40. The van der Waals surface area contributed by atoms with Crippen molar-refractivity contribution in [3.05, 3.63) is 29.8 Å². The SMILES string of the molecule is CCC(COC)NC(=O)Nc1ccc(C(=O)O)cc1. The van der Waals surface area contributed by atoms with Crippen LogP contribution in [-0.2, 0) is 4.74 Å². The average molecular weight is 266 g/mol. The molecule has 104 valence electrons. The number of carbonyl (C=O) groups excluding carboxylic acids is 1. The second-order valence-corrected chi connectivity index (χ2v) is 4.04. The van der Waals surface area contributed by atoms with Gasteiger partial charge in [0.1, 0.15) is 0 Å². The van der Waals surface area contributed by atoms with Crippen LogP contribution in [0.1, 0.15) is 23.7 Å². The minimum atomic E-state index is -0.998. The molecule has 2 amide bonds. The number of aromatic carboxylic acids is 1. The highest BCUT2D eigenvalue weighted by Crippen LogP contribution is 2.09. The molecule has 6 heteroatoms. The lowest BCUT2D eigenvalue weighted by Crippen LogP contribution is -2.40. The van der Waals surface area contributed by atoms with Crippen LogP contribution < -0.4 is 10.6 Å². The summed E-state index contributed by atoms with van der Waals surface area (Å²) in [5.74, 6) is -0.998. The number of benzene rings is 1. The second kappa shape index (κ2) is 7.38. The monoisotopic (exact) mass is 266 g/mol. The molecule has 0 saturated heterocycles. The minimum Gasteiger partial charge on any atom is -0.478 e. The van der Waals surface area contributed by atoms with Gasteiger partial charge < -0.3 is 20.5 Å². The molecule has 19 heavy (non-hydrogen) atoms. The molecule has 1 aromatic carbocycles. The van der Waals surface area contributed by atoms with Crippen molar-refractivity contribution in [2.45, 2.75) is 19.4 Å². The zero-order valence-corrected chi connectivity index (χ0v) is 11.0. The number of urea groups is 1. The van der Waals surface area contributed by atoms with E-state index in [4.69, 9.17) is 9.84 Å². The van der Waals surface area contributed by atoms with E-state index in [1.54, 1.807) is 19.2 Å². The zero-order valence-electron chi connectivity index (χ0n) is 11.0. The van der Waals surface area contributed by atoms with Gasteiger partial charge in [-0.25, -0.2) is 9.59 Å². The van der Waals surface area contributed by atoms with Crippen molar-refractivity contribution in [2.24, 2.45) is 0 Å². The Balaban J connectivity index is 2.54. The molecule has 1 atom stereocenters. The number of amides is 2. The maximum Gasteiger partial charge on any atom is 0.335 e. The molecular weight excluding hydrogens is 248 g/mol. The third-order valence-electron chi connectivity index (χ3n) is 2.59. The van der Waals surface area contributed by atoms with E-state index in [2.05, 4.69) is 10.6 Å². The Labute approximate surface area is 111 Å². The van der Waals surface area contributed by atoms with Crippen molar-refractivity contribution in [1.29, 1.82) is 0 Å². The molecule has 3 N–H and O–H groups in total. The number of hydrogen-bond acceptors (Lipinski definition) is 3. The minimum absolute atomic E-state index is 0.0525. The first-order chi connectivity index (χ1) is 9.06. The molecule has 0 fully saturated rings. The van der Waals surface area contributed by atoms with Crippen LogP contribution in [0.15, 0.2) is 24.3 Å². The Morgan fingerprint density at radius 2 is 1.95 bits per heavy atom. The number of rotatable bonds is 6. The molecule has 0 aliphatic carbocycles. The molecule has 1 rings (SSSR count). The molecule has 1 unspecified atom stereocenters. The van der Waals surface area contributed by atoms with Gasteiger partial charge in [0.05, 0.1) is 18.2 Å². The normalized spacial score (nSPS) is 11.7. The number of methoxy groups -OCH3 is 1. The summed E-state index contributed by atoms with van der Waals surface area (Å²) in [5.41, 5.74) is 0.714. The summed E-state index contributed by atoms with van der Waals surface area (Å²) < 4.78 is 4.98. The van der Waals surface area contributed by atoms with Crippen LogP contribution in [0.2, 0.25) is 0 Å². The molecule has 0 aromatic heterocycles. The fourth-order valence-corrected chi connectivity index (χ4v) is 1.51. The summed E-state index contributed by atoms with van der Waals surface area (Å²) >= 11 is 0. The van der Waals surface area contributed by atoms with E-state index in [9.17, 15) is 9.59 Å². The molecule has 0 saturated carbocycles. The molecule has 0 radical (unpaired) electrons. The van der Waals surface area contributed by atoms with Gasteiger partial charge >= 0.3 is 12.0 Å². The topological polar surface area (TPSA) is 87.7 Å². The van der Waals surface area contributed by atoms with Crippen LogP contribution in [0.3, 0.4) is 0 Å². The highest BCUT2D eigenvalue weighted by atomic mass is 16.5. The van der Waals surface area contributed by atoms with Crippen molar-refractivity contribution in [1.82, 2.24) is 5.32 Å². The molecule has 0 aliphatic rings. The Morgan fingerprint density at radius 3 is 2.42 bits per heavy atom. The Morgan fingerprint density at radius 1 is 1.32 bits per heavy atom. The van der Waals surface area contributed by atoms with Crippen molar-refractivity contribution in [2.75, 3.05) is 19.0 Å². The number of anilines is 1. The average Bonchev–Trinajstić information content (AvgIpc) is 2.38. The van der Waals surface area contributed by atoms with E-state index >= 15 is 0 Å². The van der Waals surface area contributed by atoms with Gasteiger partial charge in [0.25, 0.3) is 0 Å². The van der Waals surface area contributed by atoms with Crippen LogP contribution in [0.4, 0.5) is 10.5 Å². The van der Waals surface area contributed by atoms with Crippen LogP contribution in [0, 0.1) is 0 Å². The van der Waals surface area contributed by atoms with E-state index in [1.807, 2.05) is 6.92 Å². The van der Waals surface area contributed by atoms with Gasteiger partial charge in [0, 0.05) is 12.8 Å². The van der Waals surface area contributed by atoms with Gasteiger partial charge in [-0.15, -0.1) is 0 Å². The zero-order chi connectivity index (χ0) is 14.3. The first-order valence-electron chi connectivity index (χ1n) is 5.96. The third kappa shape index (κ3) is 4.97. The predicted octanol–water partition coefficient (Wildman–Crippen LogP) is 1.93. The highest BCUT2D eigenvalue weighted by molar-refractivity contribution is 5.91. The molecule has 0 aliphatic heterocycles. The number of carbonyl (C=O) groups is 2. The maximum absolute atomic E-state index is 11.7. The van der Waals surface area contributed by atoms with E-state index in [1.165, 1.54) is 12.1 Å². The van der Waals surface area contributed by atoms with Crippen LogP contribution >= 0.6 is 0 Å². The smallest absolute Gasteiger partial charge is 0.335 e. The van der Waals surface area contributed by atoms with Crippen LogP contribution in [-0.4, -0.2) is 36.9 Å². The summed E-state index contributed by atoms with van der Waals surface area (Å²) in [7, 11) is 1.58. The first kappa shape index (κ1) is 15.0.